The Hall–Kier alpha value is -2.08. The minimum absolute atomic E-state index is 0.561. The predicted molar refractivity (Wildman–Crippen MR) is 78.2 cm³/mol. The Kier molecular flexibility index (Phi) is 4.74. The second kappa shape index (κ2) is 6.75. The van der Waals surface area contributed by atoms with Gasteiger partial charge in [-0.1, -0.05) is 12.1 Å². The lowest BCUT2D eigenvalue weighted by Gasteiger charge is -2.08. The van der Waals surface area contributed by atoms with Gasteiger partial charge in [0.15, 0.2) is 5.96 Å². The number of nitrogens with one attached hydrogen (secondary N) is 2. The molecule has 0 aromatic carbocycles. The summed E-state index contributed by atoms with van der Waals surface area (Å²) < 4.78 is 5.44. The van der Waals surface area contributed by atoms with Crippen LogP contribution in [0, 0.1) is 0 Å². The number of nitrogens with zero attached hydrogens (tertiary/aromatic N) is 2. The molecule has 2 rings (SSSR count). The van der Waals surface area contributed by atoms with E-state index in [1.807, 2.05) is 17.5 Å². The van der Waals surface area contributed by atoms with E-state index in [0.717, 1.165) is 10.6 Å². The van der Waals surface area contributed by atoms with E-state index in [4.69, 9.17) is 4.42 Å². The van der Waals surface area contributed by atoms with Gasteiger partial charge in [-0.25, -0.2) is 4.98 Å². The zero-order chi connectivity index (χ0) is 13.5. The Morgan fingerprint density at radius 2 is 2.47 bits per heavy atom. The fraction of sp³-hybridized carbons (Fsp3) is 0.231. The summed E-state index contributed by atoms with van der Waals surface area (Å²) in [4.78, 5) is 9.53. The largest absolute Gasteiger partial charge is 0.443 e. The Labute approximate surface area is 116 Å². The Balaban J connectivity index is 1.91. The number of guanidine groups is 1. The highest BCUT2D eigenvalue weighted by atomic mass is 32.1. The van der Waals surface area contributed by atoms with E-state index >= 15 is 0 Å². The van der Waals surface area contributed by atoms with E-state index in [-0.39, 0.29) is 0 Å². The maximum Gasteiger partial charge on any atom is 0.236 e. The Morgan fingerprint density at radius 1 is 1.58 bits per heavy atom. The first-order valence-corrected chi connectivity index (χ1v) is 6.75. The maximum absolute atomic E-state index is 5.44. The van der Waals surface area contributed by atoms with Crippen molar-refractivity contribution in [2.24, 2.45) is 4.99 Å². The van der Waals surface area contributed by atoms with Gasteiger partial charge in [0.1, 0.15) is 6.26 Å². The third kappa shape index (κ3) is 3.69. The molecule has 2 aromatic heterocycles. The van der Waals surface area contributed by atoms with E-state index in [0.29, 0.717) is 24.9 Å². The van der Waals surface area contributed by atoms with Gasteiger partial charge >= 0.3 is 0 Å². The molecule has 2 aromatic rings. The number of rotatable bonds is 5. The summed E-state index contributed by atoms with van der Waals surface area (Å²) in [6.07, 6.45) is 3.43. The molecular weight excluding hydrogens is 260 g/mol. The summed E-state index contributed by atoms with van der Waals surface area (Å²) in [6.45, 7) is 4.87. The van der Waals surface area contributed by atoms with Crippen molar-refractivity contribution < 1.29 is 4.42 Å². The third-order valence-electron chi connectivity index (χ3n) is 2.36. The van der Waals surface area contributed by atoms with Gasteiger partial charge in [-0.05, 0) is 11.4 Å². The molecule has 2 N–H and O–H groups in total. The van der Waals surface area contributed by atoms with Crippen LogP contribution in [0.15, 0.2) is 45.8 Å². The van der Waals surface area contributed by atoms with Crippen LogP contribution >= 0.6 is 11.3 Å². The van der Waals surface area contributed by atoms with E-state index in [2.05, 4.69) is 27.2 Å². The molecular formula is C13H16N4OS. The summed E-state index contributed by atoms with van der Waals surface area (Å²) in [5, 5.41) is 8.24. The highest BCUT2D eigenvalue weighted by molar-refractivity contribution is 7.13. The first kappa shape index (κ1) is 13.4. The predicted octanol–water partition coefficient (Wildman–Crippen LogP) is 2.25. The number of oxazole rings is 1. The zero-order valence-corrected chi connectivity index (χ0v) is 11.5. The van der Waals surface area contributed by atoms with Gasteiger partial charge in [-0.3, -0.25) is 4.99 Å². The standard InChI is InChI=1S/C13H16N4OS/c1-3-6-15-13(14-2)16-8-10-9-18-12(17-10)11-5-4-7-19-11/h3-5,7,9H,1,6,8H2,2H3,(H2,14,15,16). The number of aromatic nitrogens is 1. The second-order valence-electron chi connectivity index (χ2n) is 3.72. The number of thiophene rings is 1. The monoisotopic (exact) mass is 276 g/mol. The van der Waals surface area contributed by atoms with Crippen LogP contribution in [0.2, 0.25) is 0 Å². The summed E-state index contributed by atoms with van der Waals surface area (Å²) in [5.41, 5.74) is 0.838. The minimum atomic E-state index is 0.561. The molecule has 0 atom stereocenters. The normalized spacial score (nSPS) is 11.3. The molecule has 2 heterocycles. The van der Waals surface area contributed by atoms with Crippen LogP contribution in [-0.2, 0) is 6.54 Å². The summed E-state index contributed by atoms with van der Waals surface area (Å²) in [7, 11) is 1.72. The lowest BCUT2D eigenvalue weighted by atomic mass is 10.4. The van der Waals surface area contributed by atoms with Crippen molar-refractivity contribution in [1.29, 1.82) is 0 Å². The quantitative estimate of drug-likeness (QED) is 0.499. The lowest BCUT2D eigenvalue weighted by molar-refractivity contribution is 0.573. The summed E-state index contributed by atoms with van der Waals surface area (Å²) >= 11 is 1.61. The topological polar surface area (TPSA) is 62.5 Å². The lowest BCUT2D eigenvalue weighted by Crippen LogP contribution is -2.36. The van der Waals surface area contributed by atoms with Gasteiger partial charge in [-0.2, -0.15) is 0 Å². The molecule has 0 amide bonds. The zero-order valence-electron chi connectivity index (χ0n) is 10.7. The molecule has 19 heavy (non-hydrogen) atoms. The van der Waals surface area contributed by atoms with Gasteiger partial charge < -0.3 is 15.1 Å². The van der Waals surface area contributed by atoms with Crippen molar-refractivity contribution in [2.75, 3.05) is 13.6 Å². The molecule has 0 radical (unpaired) electrons. The average molecular weight is 276 g/mol. The molecule has 0 saturated heterocycles. The van der Waals surface area contributed by atoms with Gasteiger partial charge in [0.05, 0.1) is 17.1 Å². The van der Waals surface area contributed by atoms with Gasteiger partial charge in [-0.15, -0.1) is 17.9 Å². The van der Waals surface area contributed by atoms with Gasteiger partial charge in [0, 0.05) is 13.6 Å². The molecule has 0 saturated carbocycles. The van der Waals surface area contributed by atoms with Crippen LogP contribution < -0.4 is 10.6 Å². The van der Waals surface area contributed by atoms with Gasteiger partial charge in [0.2, 0.25) is 5.89 Å². The Morgan fingerprint density at radius 3 is 3.16 bits per heavy atom. The second-order valence-corrected chi connectivity index (χ2v) is 4.66. The Bertz CT molecular complexity index is 545. The van der Waals surface area contributed by atoms with Crippen molar-refractivity contribution in [2.45, 2.75) is 6.54 Å². The fourth-order valence-corrected chi connectivity index (χ4v) is 2.12. The van der Waals surface area contributed by atoms with Crippen LogP contribution in [0.5, 0.6) is 0 Å². The molecule has 0 fully saturated rings. The SMILES string of the molecule is C=CCNC(=NC)NCc1coc(-c2cccs2)n1. The number of hydrogen-bond acceptors (Lipinski definition) is 4. The molecule has 100 valence electrons. The van der Waals surface area contributed by atoms with Crippen LogP contribution in [0.25, 0.3) is 10.8 Å². The van der Waals surface area contributed by atoms with E-state index in [1.165, 1.54) is 0 Å². The minimum Gasteiger partial charge on any atom is -0.443 e. The third-order valence-corrected chi connectivity index (χ3v) is 3.22. The van der Waals surface area contributed by atoms with Crippen molar-refractivity contribution in [3.8, 4) is 10.8 Å². The molecule has 0 aliphatic carbocycles. The molecule has 0 unspecified atom stereocenters. The van der Waals surface area contributed by atoms with Crippen LogP contribution in [-0.4, -0.2) is 24.5 Å². The molecule has 6 heteroatoms. The van der Waals surface area contributed by atoms with E-state index in [1.54, 1.807) is 30.7 Å². The molecule has 0 aliphatic rings. The molecule has 5 nitrogen and oxygen atoms in total. The van der Waals surface area contributed by atoms with Crippen LogP contribution in [0.1, 0.15) is 5.69 Å². The van der Waals surface area contributed by atoms with Gasteiger partial charge in [0.25, 0.3) is 0 Å². The van der Waals surface area contributed by atoms with Crippen LogP contribution in [0.4, 0.5) is 0 Å². The molecule has 0 aliphatic heterocycles. The highest BCUT2D eigenvalue weighted by Gasteiger charge is 2.07. The summed E-state index contributed by atoms with van der Waals surface area (Å²) in [5.74, 6) is 1.36. The molecule has 0 spiro atoms. The molecule has 0 bridgehead atoms. The average Bonchev–Trinajstić information content (AvgIpc) is 3.09. The number of aliphatic imine (C=N–C) groups is 1. The summed E-state index contributed by atoms with van der Waals surface area (Å²) in [6, 6.07) is 3.96. The van der Waals surface area contributed by atoms with Crippen LogP contribution in [0.3, 0.4) is 0 Å². The van der Waals surface area contributed by atoms with Crippen molar-refractivity contribution in [1.82, 2.24) is 15.6 Å². The highest BCUT2D eigenvalue weighted by Crippen LogP contribution is 2.23. The van der Waals surface area contributed by atoms with Crippen molar-refractivity contribution in [3.63, 3.8) is 0 Å². The van der Waals surface area contributed by atoms with E-state index in [9.17, 15) is 0 Å². The number of hydrogen-bond donors (Lipinski definition) is 2. The fourth-order valence-electron chi connectivity index (χ4n) is 1.47. The first-order valence-electron chi connectivity index (χ1n) is 5.87. The maximum atomic E-state index is 5.44. The van der Waals surface area contributed by atoms with Crippen molar-refractivity contribution in [3.05, 3.63) is 42.1 Å². The van der Waals surface area contributed by atoms with E-state index < -0.39 is 0 Å². The smallest absolute Gasteiger partial charge is 0.236 e. The van der Waals surface area contributed by atoms with Crippen molar-refractivity contribution >= 4 is 17.3 Å². The first-order chi connectivity index (χ1) is 9.33.